The van der Waals surface area contributed by atoms with E-state index in [0.29, 0.717) is 6.04 Å². The van der Waals surface area contributed by atoms with Gasteiger partial charge in [0.15, 0.2) is 0 Å². The van der Waals surface area contributed by atoms with Crippen LogP contribution in [0.5, 0.6) is 5.75 Å². The third kappa shape index (κ3) is 3.41. The van der Waals surface area contributed by atoms with Gasteiger partial charge in [-0.15, -0.1) is 0 Å². The van der Waals surface area contributed by atoms with Crippen molar-refractivity contribution in [3.8, 4) is 16.9 Å². The summed E-state index contributed by atoms with van der Waals surface area (Å²) in [5.74, 6) is 0.732. The van der Waals surface area contributed by atoms with Gasteiger partial charge in [-0.05, 0) is 61.7 Å². The summed E-state index contributed by atoms with van der Waals surface area (Å²) < 4.78 is 5.27. The van der Waals surface area contributed by atoms with Gasteiger partial charge in [0.05, 0.1) is 13.7 Å². The molecule has 1 heterocycles. The highest BCUT2D eigenvalue weighted by molar-refractivity contribution is 5.66. The topological polar surface area (TPSA) is 32.7 Å². The van der Waals surface area contributed by atoms with Gasteiger partial charge in [0.2, 0.25) is 0 Å². The van der Waals surface area contributed by atoms with Gasteiger partial charge in [-0.25, -0.2) is 0 Å². The zero-order chi connectivity index (χ0) is 16.2. The average Bonchev–Trinajstić information content (AvgIpc) is 3.15. The van der Waals surface area contributed by atoms with Crippen LogP contribution in [-0.2, 0) is 6.61 Å². The van der Waals surface area contributed by atoms with E-state index in [9.17, 15) is 5.11 Å². The van der Waals surface area contributed by atoms with Gasteiger partial charge in [-0.1, -0.05) is 30.3 Å². The molecule has 23 heavy (non-hydrogen) atoms. The van der Waals surface area contributed by atoms with E-state index >= 15 is 0 Å². The Morgan fingerprint density at radius 2 is 1.70 bits per heavy atom. The van der Waals surface area contributed by atoms with Crippen LogP contribution < -0.4 is 4.74 Å². The number of aliphatic hydroxyl groups excluding tert-OH is 1. The minimum atomic E-state index is -0.0128. The molecule has 0 amide bonds. The van der Waals surface area contributed by atoms with Gasteiger partial charge in [0.1, 0.15) is 5.75 Å². The van der Waals surface area contributed by atoms with E-state index < -0.39 is 0 Å². The molecule has 2 aromatic rings. The number of hydrogen-bond donors (Lipinski definition) is 1. The fourth-order valence-electron chi connectivity index (χ4n) is 3.38. The highest BCUT2D eigenvalue weighted by atomic mass is 16.5. The summed E-state index contributed by atoms with van der Waals surface area (Å²) in [7, 11) is 1.63. The third-order valence-electron chi connectivity index (χ3n) is 4.87. The first-order chi connectivity index (χ1) is 11.2. The maximum atomic E-state index is 9.47. The van der Waals surface area contributed by atoms with E-state index in [1.165, 1.54) is 37.1 Å². The van der Waals surface area contributed by atoms with Crippen molar-refractivity contribution in [3.63, 3.8) is 0 Å². The van der Waals surface area contributed by atoms with Crippen LogP contribution in [0.2, 0.25) is 0 Å². The Labute approximate surface area is 138 Å². The maximum absolute atomic E-state index is 9.47. The van der Waals surface area contributed by atoms with Crippen molar-refractivity contribution in [1.82, 2.24) is 4.90 Å². The zero-order valence-electron chi connectivity index (χ0n) is 14.0. The minimum absolute atomic E-state index is 0.0128. The number of benzene rings is 2. The Hall–Kier alpha value is -1.84. The van der Waals surface area contributed by atoms with Crippen molar-refractivity contribution in [2.75, 3.05) is 20.2 Å². The molecule has 3 nitrogen and oxygen atoms in total. The molecule has 1 saturated heterocycles. The zero-order valence-corrected chi connectivity index (χ0v) is 14.0. The first kappa shape index (κ1) is 16.0. The van der Waals surface area contributed by atoms with Gasteiger partial charge in [-0.2, -0.15) is 0 Å². The predicted molar refractivity (Wildman–Crippen MR) is 93.6 cm³/mol. The Kier molecular flexibility index (Phi) is 4.99. The number of nitrogens with zero attached hydrogens (tertiary/aromatic N) is 1. The molecule has 122 valence electrons. The first-order valence-corrected chi connectivity index (χ1v) is 8.35. The molecule has 3 heteroatoms. The smallest absolute Gasteiger partial charge is 0.124 e. The van der Waals surface area contributed by atoms with E-state index in [1.807, 2.05) is 18.2 Å². The lowest BCUT2D eigenvalue weighted by molar-refractivity contribution is 0.263. The van der Waals surface area contributed by atoms with Crippen LogP contribution >= 0.6 is 0 Å². The van der Waals surface area contributed by atoms with Crippen molar-refractivity contribution in [2.45, 2.75) is 32.4 Å². The molecule has 0 aromatic heterocycles. The molecule has 1 atom stereocenters. The molecular weight excluding hydrogens is 286 g/mol. The summed E-state index contributed by atoms with van der Waals surface area (Å²) in [4.78, 5) is 2.55. The molecule has 2 aromatic carbocycles. The minimum Gasteiger partial charge on any atom is -0.496 e. The fraction of sp³-hybridized carbons (Fsp3) is 0.400. The second-order valence-electron chi connectivity index (χ2n) is 6.23. The standard InChI is InChI=1S/C20H25NO2/c1-15(21-11-3-4-12-21)16-5-7-17(8-6-16)18-9-10-20(23-2)19(13-18)14-22/h5-10,13,15,22H,3-4,11-12,14H2,1-2H3. The summed E-state index contributed by atoms with van der Waals surface area (Å²) >= 11 is 0. The molecule has 0 saturated carbocycles. The van der Waals surface area contributed by atoms with Crippen molar-refractivity contribution in [3.05, 3.63) is 53.6 Å². The van der Waals surface area contributed by atoms with Crippen molar-refractivity contribution in [2.24, 2.45) is 0 Å². The van der Waals surface area contributed by atoms with Crippen LogP contribution in [-0.4, -0.2) is 30.2 Å². The van der Waals surface area contributed by atoms with E-state index in [-0.39, 0.29) is 6.61 Å². The Bertz CT molecular complexity index is 645. The van der Waals surface area contributed by atoms with Gasteiger partial charge >= 0.3 is 0 Å². The number of ether oxygens (including phenoxy) is 1. The van der Waals surface area contributed by atoms with E-state index in [0.717, 1.165) is 16.9 Å². The maximum Gasteiger partial charge on any atom is 0.124 e. The third-order valence-corrected chi connectivity index (χ3v) is 4.87. The van der Waals surface area contributed by atoms with Crippen LogP contribution in [0.25, 0.3) is 11.1 Å². The molecule has 1 aliphatic heterocycles. The lowest BCUT2D eigenvalue weighted by Gasteiger charge is -2.24. The predicted octanol–water partition coefficient (Wildman–Crippen LogP) is 4.01. The van der Waals surface area contributed by atoms with Gasteiger partial charge in [0, 0.05) is 11.6 Å². The van der Waals surface area contributed by atoms with Crippen molar-refractivity contribution < 1.29 is 9.84 Å². The quantitative estimate of drug-likeness (QED) is 0.905. The van der Waals surface area contributed by atoms with Crippen LogP contribution in [0.3, 0.4) is 0 Å². The summed E-state index contributed by atoms with van der Waals surface area (Å²) in [6, 6.07) is 15.2. The molecule has 1 N–H and O–H groups in total. The van der Waals surface area contributed by atoms with Crippen LogP contribution in [0.15, 0.2) is 42.5 Å². The van der Waals surface area contributed by atoms with Crippen LogP contribution in [0.4, 0.5) is 0 Å². The summed E-state index contributed by atoms with van der Waals surface area (Å²) in [5, 5.41) is 9.47. The van der Waals surface area contributed by atoms with Crippen molar-refractivity contribution >= 4 is 0 Å². The summed E-state index contributed by atoms with van der Waals surface area (Å²) in [5.41, 5.74) is 4.46. The van der Waals surface area contributed by atoms with Gasteiger partial charge in [-0.3, -0.25) is 4.90 Å². The van der Waals surface area contributed by atoms with E-state index in [1.54, 1.807) is 7.11 Å². The normalized spacial score (nSPS) is 16.5. The molecule has 3 rings (SSSR count). The number of likely N-dealkylation sites (tertiary alicyclic amines) is 1. The second kappa shape index (κ2) is 7.16. The van der Waals surface area contributed by atoms with E-state index in [2.05, 4.69) is 36.1 Å². The molecule has 0 bridgehead atoms. The van der Waals surface area contributed by atoms with Crippen LogP contribution in [0, 0.1) is 0 Å². The monoisotopic (exact) mass is 311 g/mol. The highest BCUT2D eigenvalue weighted by Crippen LogP contribution is 2.29. The van der Waals surface area contributed by atoms with Crippen LogP contribution in [0.1, 0.15) is 36.9 Å². The molecule has 0 radical (unpaired) electrons. The number of methoxy groups -OCH3 is 1. The number of aliphatic hydroxyl groups is 1. The molecule has 0 spiro atoms. The largest absolute Gasteiger partial charge is 0.496 e. The highest BCUT2D eigenvalue weighted by Gasteiger charge is 2.19. The summed E-state index contributed by atoms with van der Waals surface area (Å²) in [6.45, 7) is 4.70. The van der Waals surface area contributed by atoms with Gasteiger partial charge in [0.25, 0.3) is 0 Å². The second-order valence-corrected chi connectivity index (χ2v) is 6.23. The molecule has 0 aliphatic carbocycles. The number of rotatable bonds is 5. The molecule has 1 fully saturated rings. The molecular formula is C20H25NO2. The SMILES string of the molecule is COc1ccc(-c2ccc(C(C)N3CCCC3)cc2)cc1CO. The summed E-state index contributed by atoms with van der Waals surface area (Å²) in [6.07, 6.45) is 2.64. The lowest BCUT2D eigenvalue weighted by Crippen LogP contribution is -2.23. The number of hydrogen-bond acceptors (Lipinski definition) is 3. The van der Waals surface area contributed by atoms with Gasteiger partial charge < -0.3 is 9.84 Å². The molecule has 1 unspecified atom stereocenters. The van der Waals surface area contributed by atoms with E-state index in [4.69, 9.17) is 4.74 Å². The molecule has 1 aliphatic rings. The lowest BCUT2D eigenvalue weighted by atomic mass is 9.99. The Morgan fingerprint density at radius 3 is 2.30 bits per heavy atom. The Balaban J connectivity index is 1.81. The average molecular weight is 311 g/mol. The van der Waals surface area contributed by atoms with Crippen molar-refractivity contribution in [1.29, 1.82) is 0 Å². The first-order valence-electron chi connectivity index (χ1n) is 8.35. The fourth-order valence-corrected chi connectivity index (χ4v) is 3.38. The Morgan fingerprint density at radius 1 is 1.04 bits per heavy atom.